The third-order valence-corrected chi connectivity index (χ3v) is 8.64. The molecule has 0 aliphatic carbocycles. The van der Waals surface area contributed by atoms with E-state index in [1.165, 1.54) is 18.4 Å². The average Bonchev–Trinajstić information content (AvgIpc) is 2.92. The quantitative estimate of drug-likeness (QED) is 0.419. The number of piperidine rings is 2. The second kappa shape index (κ2) is 11.1. The van der Waals surface area contributed by atoms with Crippen LogP contribution in [-0.4, -0.2) is 65.8 Å². The minimum absolute atomic E-state index is 0.171. The SMILES string of the molecule is COc1ccccc1Oc1ccccc1CN1CCC2(CC1)CCN(C(=O)c1ccccc1[As])CC2. The molecule has 2 aliphatic rings. The number of rotatable bonds is 6. The van der Waals surface area contributed by atoms with E-state index >= 15 is 0 Å². The topological polar surface area (TPSA) is 42.0 Å². The number of amides is 1. The summed E-state index contributed by atoms with van der Waals surface area (Å²) in [6, 6.07) is 23.9. The Bertz CT molecular complexity index is 1200. The number of likely N-dealkylation sites (tertiary alicyclic amines) is 2. The van der Waals surface area contributed by atoms with Gasteiger partial charge in [0.1, 0.15) is 5.75 Å². The van der Waals surface area contributed by atoms with Gasteiger partial charge in [-0.3, -0.25) is 0 Å². The first-order valence-corrected chi connectivity index (χ1v) is 13.7. The van der Waals surface area contributed by atoms with Gasteiger partial charge in [-0.1, -0.05) is 30.3 Å². The molecule has 0 saturated carbocycles. The molecule has 5 rings (SSSR count). The van der Waals surface area contributed by atoms with E-state index in [4.69, 9.17) is 9.47 Å². The summed E-state index contributed by atoms with van der Waals surface area (Å²) in [6.45, 7) is 4.74. The van der Waals surface area contributed by atoms with E-state index in [9.17, 15) is 4.79 Å². The van der Waals surface area contributed by atoms with E-state index in [-0.39, 0.29) is 5.91 Å². The Morgan fingerprint density at radius 1 is 0.806 bits per heavy atom. The molecule has 2 aliphatic heterocycles. The Balaban J connectivity index is 1.17. The Hall–Kier alpha value is -2.75. The molecule has 2 radical (unpaired) electrons. The van der Waals surface area contributed by atoms with E-state index < -0.39 is 0 Å². The van der Waals surface area contributed by atoms with Gasteiger partial charge in [-0.15, -0.1) is 0 Å². The molecule has 3 aromatic carbocycles. The van der Waals surface area contributed by atoms with Crippen LogP contribution in [0.25, 0.3) is 0 Å². The first-order chi connectivity index (χ1) is 17.6. The van der Waals surface area contributed by atoms with Crippen molar-refractivity contribution in [3.63, 3.8) is 0 Å². The number of nitrogens with zero attached hydrogens (tertiary/aromatic N) is 2. The number of ether oxygens (including phenoxy) is 2. The van der Waals surface area contributed by atoms with Crippen LogP contribution in [0.2, 0.25) is 0 Å². The Labute approximate surface area is 222 Å². The molecular weight excluding hydrogens is 511 g/mol. The molecule has 0 aromatic heterocycles. The zero-order valence-corrected chi connectivity index (χ0v) is 22.7. The molecule has 5 nitrogen and oxygen atoms in total. The van der Waals surface area contributed by atoms with E-state index in [0.29, 0.717) is 5.41 Å². The summed E-state index contributed by atoms with van der Waals surface area (Å²) in [5, 5.41) is 0. The van der Waals surface area contributed by atoms with Crippen molar-refractivity contribution < 1.29 is 14.3 Å². The number of methoxy groups -OCH3 is 1. The Kier molecular flexibility index (Phi) is 7.69. The fraction of sp³-hybridized carbons (Fsp3) is 0.367. The van der Waals surface area contributed by atoms with Crippen LogP contribution in [0.3, 0.4) is 0 Å². The van der Waals surface area contributed by atoms with Crippen molar-refractivity contribution in [2.75, 3.05) is 33.3 Å². The number of hydrogen-bond acceptors (Lipinski definition) is 4. The van der Waals surface area contributed by atoms with Crippen LogP contribution in [0.1, 0.15) is 41.6 Å². The van der Waals surface area contributed by atoms with Crippen LogP contribution in [0.4, 0.5) is 0 Å². The fourth-order valence-corrected chi connectivity index (χ4v) is 6.03. The number of hydrogen-bond donors (Lipinski definition) is 0. The summed E-state index contributed by atoms with van der Waals surface area (Å²) >= 11 is 2.52. The fourth-order valence-electron chi connectivity index (χ4n) is 5.49. The molecule has 2 fully saturated rings. The van der Waals surface area contributed by atoms with Gasteiger partial charge in [0.25, 0.3) is 0 Å². The van der Waals surface area contributed by atoms with Crippen molar-refractivity contribution in [1.82, 2.24) is 9.80 Å². The standard InChI is InChI=1S/C30H33AsN2O3/c1-35-27-12-6-7-13-28(27)36-26-11-5-2-8-23(26)22-32-18-14-30(15-19-32)16-20-33(21-17-30)29(34)24-9-3-4-10-25(24)31/h2-13H,14-22H2,1H3. The zero-order chi connectivity index (χ0) is 25.0. The first-order valence-electron chi connectivity index (χ1n) is 12.8. The van der Waals surface area contributed by atoms with Gasteiger partial charge in [-0.05, 0) is 18.2 Å². The average molecular weight is 545 g/mol. The molecule has 3 aromatic rings. The number of carbonyl (C=O) groups is 1. The van der Waals surface area contributed by atoms with E-state index in [1.54, 1.807) is 7.11 Å². The summed E-state index contributed by atoms with van der Waals surface area (Å²) in [6.07, 6.45) is 4.57. The second-order valence-electron chi connectivity index (χ2n) is 9.95. The van der Waals surface area contributed by atoms with Crippen molar-refractivity contribution in [3.05, 3.63) is 83.9 Å². The third-order valence-electron chi connectivity index (χ3n) is 7.82. The van der Waals surface area contributed by atoms with Gasteiger partial charge in [0.05, 0.1) is 7.11 Å². The van der Waals surface area contributed by atoms with Crippen LogP contribution in [0, 0.1) is 5.41 Å². The number of benzene rings is 3. The van der Waals surface area contributed by atoms with Gasteiger partial charge in [-0.25, -0.2) is 0 Å². The van der Waals surface area contributed by atoms with Gasteiger partial charge >= 0.3 is 141 Å². The van der Waals surface area contributed by atoms with Crippen molar-refractivity contribution >= 4 is 27.1 Å². The van der Waals surface area contributed by atoms with E-state index in [0.717, 1.165) is 72.7 Å². The van der Waals surface area contributed by atoms with Crippen LogP contribution >= 0.6 is 0 Å². The molecule has 1 amide bonds. The summed E-state index contributed by atoms with van der Waals surface area (Å²) in [5.41, 5.74) is 2.37. The predicted molar refractivity (Wildman–Crippen MR) is 143 cm³/mol. The second-order valence-corrected chi connectivity index (χ2v) is 11.0. The maximum atomic E-state index is 13.0. The normalized spacial score (nSPS) is 17.7. The molecule has 36 heavy (non-hydrogen) atoms. The monoisotopic (exact) mass is 544 g/mol. The van der Waals surface area contributed by atoms with Gasteiger partial charge < -0.3 is 9.47 Å². The molecule has 0 bridgehead atoms. The van der Waals surface area contributed by atoms with Gasteiger partial charge in [0.2, 0.25) is 0 Å². The van der Waals surface area contributed by atoms with Crippen LogP contribution in [-0.2, 0) is 6.54 Å². The number of para-hydroxylation sites is 3. The molecule has 1 spiro atoms. The Morgan fingerprint density at radius 3 is 2.08 bits per heavy atom. The van der Waals surface area contributed by atoms with E-state index in [1.807, 2.05) is 60.7 Å². The zero-order valence-electron chi connectivity index (χ0n) is 20.9. The molecule has 2 heterocycles. The van der Waals surface area contributed by atoms with Crippen molar-refractivity contribution in [1.29, 1.82) is 0 Å². The third kappa shape index (κ3) is 5.48. The van der Waals surface area contributed by atoms with Gasteiger partial charge in [0, 0.05) is 0 Å². The van der Waals surface area contributed by atoms with Crippen molar-refractivity contribution in [2.24, 2.45) is 5.41 Å². The summed E-state index contributed by atoms with van der Waals surface area (Å²) in [7, 11) is 1.67. The molecule has 186 valence electrons. The van der Waals surface area contributed by atoms with Gasteiger partial charge in [-0.2, -0.15) is 0 Å². The first kappa shape index (κ1) is 24.9. The Morgan fingerprint density at radius 2 is 1.39 bits per heavy atom. The van der Waals surface area contributed by atoms with Gasteiger partial charge in [0.15, 0.2) is 11.5 Å². The number of carbonyl (C=O) groups excluding carboxylic acids is 1. The molecule has 0 N–H and O–H groups in total. The summed E-state index contributed by atoms with van der Waals surface area (Å²) in [4.78, 5) is 17.6. The van der Waals surface area contributed by atoms with Crippen LogP contribution in [0.5, 0.6) is 17.2 Å². The van der Waals surface area contributed by atoms with Crippen molar-refractivity contribution in [2.45, 2.75) is 32.2 Å². The molecule has 6 heteroatoms. The van der Waals surface area contributed by atoms with Crippen LogP contribution in [0.15, 0.2) is 72.8 Å². The summed E-state index contributed by atoms with van der Waals surface area (Å²) < 4.78 is 12.7. The maximum absolute atomic E-state index is 13.0. The molecular formula is C30H33AsN2O3. The predicted octanol–water partition coefficient (Wildman–Crippen LogP) is 4.80. The summed E-state index contributed by atoms with van der Waals surface area (Å²) in [5.74, 6) is 2.52. The molecule has 2 saturated heterocycles. The van der Waals surface area contributed by atoms with Crippen LogP contribution < -0.4 is 13.8 Å². The minimum atomic E-state index is 0.171. The van der Waals surface area contributed by atoms with Crippen molar-refractivity contribution in [3.8, 4) is 17.2 Å². The molecule has 0 atom stereocenters. The van der Waals surface area contributed by atoms with E-state index in [2.05, 4.69) is 38.8 Å². The molecule has 0 unspecified atom stereocenters.